The normalized spacial score (nSPS) is 11.5. The van der Waals surface area contributed by atoms with Gasteiger partial charge in [-0.2, -0.15) is 5.26 Å². The molecule has 0 fully saturated rings. The summed E-state index contributed by atoms with van der Waals surface area (Å²) in [6.45, 7) is 4.75. The van der Waals surface area contributed by atoms with Crippen molar-refractivity contribution in [2.75, 3.05) is 19.8 Å². The van der Waals surface area contributed by atoms with Gasteiger partial charge in [-0.25, -0.2) is 13.1 Å². The monoisotopic (exact) mass is 404 g/mol. The highest BCUT2D eigenvalue weighted by Gasteiger charge is 2.21. The molecule has 0 aromatic heterocycles. The molecule has 0 heterocycles. The number of hydrogen-bond donors (Lipinski definition) is 2. The number of hydrogen-bond acceptors (Lipinski definition) is 6. The lowest BCUT2D eigenvalue weighted by atomic mass is 10.00. The Kier molecular flexibility index (Phi) is 7.96. The Hall–Kier alpha value is -2.44. The van der Waals surface area contributed by atoms with Crippen LogP contribution in [-0.4, -0.2) is 39.6 Å². The first-order chi connectivity index (χ1) is 13.4. The summed E-state index contributed by atoms with van der Waals surface area (Å²) in [6, 6.07) is 12.6. The zero-order chi connectivity index (χ0) is 20.6. The fourth-order valence-corrected chi connectivity index (χ4v) is 4.02. The van der Waals surface area contributed by atoms with Gasteiger partial charge in [-0.3, -0.25) is 0 Å². The van der Waals surface area contributed by atoms with E-state index in [0.717, 1.165) is 0 Å². The molecule has 28 heavy (non-hydrogen) atoms. The molecule has 7 nitrogen and oxygen atoms in total. The number of phenolic OH excluding ortho intramolecular Hbond substituents is 1. The van der Waals surface area contributed by atoms with Crippen molar-refractivity contribution in [3.05, 3.63) is 48.0 Å². The summed E-state index contributed by atoms with van der Waals surface area (Å²) in [6.07, 6.45) is -0.122. The molecule has 0 radical (unpaired) electrons. The molecular formula is C20H24N2O5S. The second kappa shape index (κ2) is 10.2. The van der Waals surface area contributed by atoms with Gasteiger partial charge in [-0.1, -0.05) is 18.2 Å². The quantitative estimate of drug-likeness (QED) is 0.589. The Morgan fingerprint density at radius 3 is 2.43 bits per heavy atom. The van der Waals surface area contributed by atoms with Crippen molar-refractivity contribution in [3.63, 3.8) is 0 Å². The third-order valence-electron chi connectivity index (χ3n) is 3.97. The van der Waals surface area contributed by atoms with Crippen molar-refractivity contribution in [1.29, 1.82) is 5.26 Å². The van der Waals surface area contributed by atoms with E-state index in [1.54, 1.807) is 18.2 Å². The Balaban J connectivity index is 2.28. The molecule has 2 N–H and O–H groups in total. The Bertz CT molecular complexity index is 932. The van der Waals surface area contributed by atoms with Crippen molar-refractivity contribution in [2.24, 2.45) is 0 Å². The maximum Gasteiger partial charge on any atom is 0.241 e. The summed E-state index contributed by atoms with van der Waals surface area (Å²) in [7, 11) is -3.85. The molecule has 2 aromatic carbocycles. The first-order valence-corrected chi connectivity index (χ1v) is 10.5. The van der Waals surface area contributed by atoms with E-state index in [-0.39, 0.29) is 22.8 Å². The Morgan fingerprint density at radius 2 is 1.79 bits per heavy atom. The molecule has 150 valence electrons. The zero-order valence-corrected chi connectivity index (χ0v) is 16.7. The highest BCUT2D eigenvalue weighted by atomic mass is 32.2. The number of sulfonamides is 1. The molecule has 2 aromatic rings. The molecule has 0 aliphatic rings. The van der Waals surface area contributed by atoms with Gasteiger partial charge in [0.15, 0.2) is 6.29 Å². The van der Waals surface area contributed by atoms with Crippen molar-refractivity contribution >= 4 is 10.0 Å². The van der Waals surface area contributed by atoms with Crippen LogP contribution in [-0.2, 0) is 19.5 Å². The molecule has 0 amide bonds. The second-order valence-corrected chi connectivity index (χ2v) is 7.60. The van der Waals surface area contributed by atoms with Gasteiger partial charge in [0, 0.05) is 37.3 Å². The van der Waals surface area contributed by atoms with E-state index in [1.165, 1.54) is 24.3 Å². The van der Waals surface area contributed by atoms with Crippen LogP contribution in [0.5, 0.6) is 5.75 Å². The van der Waals surface area contributed by atoms with Crippen molar-refractivity contribution in [2.45, 2.75) is 31.5 Å². The van der Waals surface area contributed by atoms with Crippen LogP contribution >= 0.6 is 0 Å². The van der Waals surface area contributed by atoms with E-state index < -0.39 is 16.3 Å². The zero-order valence-electron chi connectivity index (χ0n) is 15.9. The first-order valence-electron chi connectivity index (χ1n) is 8.98. The van der Waals surface area contributed by atoms with Crippen LogP contribution in [0.3, 0.4) is 0 Å². The van der Waals surface area contributed by atoms with Crippen molar-refractivity contribution in [1.82, 2.24) is 4.72 Å². The molecule has 0 aliphatic heterocycles. The van der Waals surface area contributed by atoms with Gasteiger partial charge in [0.2, 0.25) is 10.0 Å². The SMILES string of the molecule is CCOC(CCNS(=O)(=O)c1ccccc1-c1cc(O)ccc1C#N)OCC. The molecule has 0 spiro atoms. The highest BCUT2D eigenvalue weighted by molar-refractivity contribution is 7.89. The topological polar surface area (TPSA) is 109 Å². The number of nitrogens with zero attached hydrogens (tertiary/aromatic N) is 1. The summed E-state index contributed by atoms with van der Waals surface area (Å²) >= 11 is 0. The van der Waals surface area contributed by atoms with Gasteiger partial charge in [0.05, 0.1) is 16.5 Å². The lowest BCUT2D eigenvalue weighted by Gasteiger charge is -2.17. The number of nitrogens with one attached hydrogen (secondary N) is 1. The minimum absolute atomic E-state index is 0.0291. The molecule has 0 aliphatic carbocycles. The van der Waals surface area contributed by atoms with Crippen LogP contribution in [0.2, 0.25) is 0 Å². The standard InChI is InChI=1S/C20H24N2O5S/c1-3-26-20(27-4-2)11-12-22-28(24,25)19-8-6-5-7-17(19)18-13-16(23)10-9-15(18)14-21/h5-10,13,20,22-23H,3-4,11-12H2,1-2H3. The van der Waals surface area contributed by atoms with Crippen LogP contribution in [0.25, 0.3) is 11.1 Å². The maximum atomic E-state index is 12.9. The minimum atomic E-state index is -3.85. The number of nitriles is 1. The fourth-order valence-electron chi connectivity index (χ4n) is 2.75. The van der Waals surface area contributed by atoms with Gasteiger partial charge in [0.1, 0.15) is 5.75 Å². The maximum absolute atomic E-state index is 12.9. The minimum Gasteiger partial charge on any atom is -0.508 e. The number of ether oxygens (including phenoxy) is 2. The van der Waals surface area contributed by atoms with Crippen LogP contribution in [0, 0.1) is 11.3 Å². The van der Waals surface area contributed by atoms with Gasteiger partial charge in [-0.15, -0.1) is 0 Å². The predicted molar refractivity (Wildman–Crippen MR) is 105 cm³/mol. The summed E-state index contributed by atoms with van der Waals surface area (Å²) in [5, 5.41) is 19.1. The molecule has 0 unspecified atom stereocenters. The Labute approximate surface area is 165 Å². The molecule has 0 saturated heterocycles. The average molecular weight is 404 g/mol. The van der Waals surface area contributed by atoms with E-state index in [9.17, 15) is 18.8 Å². The number of rotatable bonds is 10. The van der Waals surface area contributed by atoms with Crippen LogP contribution in [0.15, 0.2) is 47.4 Å². The molecule has 0 atom stereocenters. The summed E-state index contributed by atoms with van der Waals surface area (Å²) < 4.78 is 39.1. The third-order valence-corrected chi connectivity index (χ3v) is 5.49. The van der Waals surface area contributed by atoms with E-state index in [4.69, 9.17) is 9.47 Å². The summed E-state index contributed by atoms with van der Waals surface area (Å²) in [5.41, 5.74) is 0.965. The van der Waals surface area contributed by atoms with Gasteiger partial charge in [0.25, 0.3) is 0 Å². The summed E-state index contributed by atoms with van der Waals surface area (Å²) in [4.78, 5) is 0.0291. The van der Waals surface area contributed by atoms with E-state index >= 15 is 0 Å². The molecule has 2 rings (SSSR count). The van der Waals surface area contributed by atoms with Crippen LogP contribution in [0.4, 0.5) is 0 Å². The Morgan fingerprint density at radius 1 is 1.11 bits per heavy atom. The largest absolute Gasteiger partial charge is 0.508 e. The highest BCUT2D eigenvalue weighted by Crippen LogP contribution is 2.32. The number of aromatic hydroxyl groups is 1. The molecular weight excluding hydrogens is 380 g/mol. The van der Waals surface area contributed by atoms with E-state index in [0.29, 0.717) is 30.8 Å². The molecule has 0 saturated carbocycles. The van der Waals surface area contributed by atoms with E-state index in [2.05, 4.69) is 4.72 Å². The van der Waals surface area contributed by atoms with Crippen LogP contribution in [0.1, 0.15) is 25.8 Å². The predicted octanol–water partition coefficient (Wildman–Crippen LogP) is 3.00. The van der Waals surface area contributed by atoms with E-state index in [1.807, 2.05) is 19.9 Å². The lowest BCUT2D eigenvalue weighted by molar-refractivity contribution is -0.138. The smallest absolute Gasteiger partial charge is 0.241 e. The third kappa shape index (κ3) is 5.53. The van der Waals surface area contributed by atoms with Crippen molar-refractivity contribution in [3.8, 4) is 22.9 Å². The van der Waals surface area contributed by atoms with Crippen molar-refractivity contribution < 1.29 is 23.0 Å². The van der Waals surface area contributed by atoms with Crippen LogP contribution < -0.4 is 4.72 Å². The lowest BCUT2D eigenvalue weighted by Crippen LogP contribution is -2.29. The van der Waals surface area contributed by atoms with Gasteiger partial charge >= 0.3 is 0 Å². The second-order valence-electron chi connectivity index (χ2n) is 5.86. The van der Waals surface area contributed by atoms with Gasteiger partial charge in [-0.05, 0) is 38.1 Å². The fraction of sp³-hybridized carbons (Fsp3) is 0.350. The average Bonchev–Trinajstić information content (AvgIpc) is 2.68. The first kappa shape index (κ1) is 21.9. The molecule has 8 heteroatoms. The number of benzene rings is 2. The number of phenols is 1. The molecule has 0 bridgehead atoms. The summed E-state index contributed by atoms with van der Waals surface area (Å²) in [5.74, 6) is -0.0505. The van der Waals surface area contributed by atoms with Gasteiger partial charge < -0.3 is 14.6 Å².